The molecule has 3 N–H and O–H groups in total. The Bertz CT molecular complexity index is 612. The van der Waals surface area contributed by atoms with Gasteiger partial charge in [-0.25, -0.2) is 4.98 Å². The van der Waals surface area contributed by atoms with Gasteiger partial charge < -0.3 is 11.1 Å². The fourth-order valence-electron chi connectivity index (χ4n) is 2.19. The van der Waals surface area contributed by atoms with Crippen LogP contribution in [0.5, 0.6) is 0 Å². The molecule has 0 radical (unpaired) electrons. The van der Waals surface area contributed by atoms with E-state index in [4.69, 9.17) is 5.73 Å². The second-order valence-electron chi connectivity index (χ2n) is 4.77. The summed E-state index contributed by atoms with van der Waals surface area (Å²) in [4.78, 5) is 17.9. The lowest BCUT2D eigenvalue weighted by Gasteiger charge is -2.08. The number of nitrogen functional groups attached to an aromatic ring is 1. The van der Waals surface area contributed by atoms with E-state index in [0.717, 1.165) is 25.0 Å². The van der Waals surface area contributed by atoms with Gasteiger partial charge in [0.1, 0.15) is 5.01 Å². The van der Waals surface area contributed by atoms with E-state index < -0.39 is 0 Å². The van der Waals surface area contributed by atoms with E-state index in [2.05, 4.69) is 20.5 Å². The largest absolute Gasteiger partial charge is 0.374 e. The van der Waals surface area contributed by atoms with Gasteiger partial charge in [0.2, 0.25) is 5.13 Å². The van der Waals surface area contributed by atoms with Crippen molar-refractivity contribution in [2.45, 2.75) is 38.6 Å². The molecule has 2 aromatic heterocycles. The van der Waals surface area contributed by atoms with E-state index in [-0.39, 0.29) is 11.9 Å². The molecule has 106 valence electrons. The molecule has 6 nitrogen and oxygen atoms in total. The number of hydrogen-bond donors (Lipinski definition) is 2. The van der Waals surface area contributed by atoms with Gasteiger partial charge in [-0.15, -0.1) is 21.5 Å². The van der Waals surface area contributed by atoms with Gasteiger partial charge in [-0.3, -0.25) is 4.79 Å². The zero-order chi connectivity index (χ0) is 14.1. The molecule has 0 aliphatic heterocycles. The first-order chi connectivity index (χ1) is 9.63. The summed E-state index contributed by atoms with van der Waals surface area (Å²) in [6, 6.07) is -0.210. The Morgan fingerprint density at radius 3 is 2.80 bits per heavy atom. The number of aryl methyl sites for hydroxylation is 2. The van der Waals surface area contributed by atoms with Crippen molar-refractivity contribution in [2.24, 2.45) is 0 Å². The molecule has 20 heavy (non-hydrogen) atoms. The third-order valence-electron chi connectivity index (χ3n) is 3.21. The first-order valence-corrected chi connectivity index (χ1v) is 8.15. The van der Waals surface area contributed by atoms with Crippen LogP contribution in [-0.2, 0) is 12.8 Å². The zero-order valence-corrected chi connectivity index (χ0v) is 12.7. The van der Waals surface area contributed by atoms with Crippen LogP contribution in [0.15, 0.2) is 0 Å². The SMILES string of the molecule is CC(NC(=O)c1nc2c(s1)CCCC2)c1nnc(N)s1. The molecule has 2 heterocycles. The number of rotatable bonds is 3. The third kappa shape index (κ3) is 2.66. The van der Waals surface area contributed by atoms with Crippen molar-refractivity contribution in [3.63, 3.8) is 0 Å². The molecule has 0 fully saturated rings. The number of nitrogens with one attached hydrogen (secondary N) is 1. The molecule has 0 saturated carbocycles. The Morgan fingerprint density at radius 2 is 2.10 bits per heavy atom. The number of nitrogens with zero attached hydrogens (tertiary/aromatic N) is 3. The lowest BCUT2D eigenvalue weighted by Crippen LogP contribution is -2.26. The van der Waals surface area contributed by atoms with E-state index in [1.165, 1.54) is 34.0 Å². The number of aromatic nitrogens is 3. The molecule has 1 aliphatic rings. The Morgan fingerprint density at radius 1 is 1.30 bits per heavy atom. The van der Waals surface area contributed by atoms with Crippen LogP contribution < -0.4 is 11.1 Å². The first-order valence-electron chi connectivity index (χ1n) is 6.52. The lowest BCUT2D eigenvalue weighted by atomic mass is 10.0. The highest BCUT2D eigenvalue weighted by Crippen LogP contribution is 2.27. The van der Waals surface area contributed by atoms with Crippen LogP contribution in [0.3, 0.4) is 0 Å². The van der Waals surface area contributed by atoms with Gasteiger partial charge in [0.15, 0.2) is 5.01 Å². The second-order valence-corrected chi connectivity index (χ2v) is 6.89. The maximum absolute atomic E-state index is 12.2. The van der Waals surface area contributed by atoms with Gasteiger partial charge in [0, 0.05) is 4.88 Å². The van der Waals surface area contributed by atoms with Crippen LogP contribution in [0.25, 0.3) is 0 Å². The summed E-state index contributed by atoms with van der Waals surface area (Å²) in [6.45, 7) is 1.87. The molecular weight excluding hydrogens is 294 g/mol. The van der Waals surface area contributed by atoms with Crippen LogP contribution in [0, 0.1) is 0 Å². The topological polar surface area (TPSA) is 93.8 Å². The van der Waals surface area contributed by atoms with E-state index in [1.807, 2.05) is 6.92 Å². The molecule has 0 saturated heterocycles. The Kier molecular flexibility index (Phi) is 3.66. The van der Waals surface area contributed by atoms with Gasteiger partial charge in [0.05, 0.1) is 11.7 Å². The highest BCUT2D eigenvalue weighted by Gasteiger charge is 2.21. The Labute approximate surface area is 124 Å². The summed E-state index contributed by atoms with van der Waals surface area (Å²) in [6.07, 6.45) is 4.39. The molecule has 1 amide bonds. The fourth-order valence-corrected chi connectivity index (χ4v) is 3.86. The molecule has 1 aliphatic carbocycles. The van der Waals surface area contributed by atoms with Gasteiger partial charge >= 0.3 is 0 Å². The van der Waals surface area contributed by atoms with Crippen molar-refractivity contribution >= 4 is 33.7 Å². The molecule has 0 spiro atoms. The van der Waals surface area contributed by atoms with Crippen molar-refractivity contribution in [1.82, 2.24) is 20.5 Å². The number of anilines is 1. The van der Waals surface area contributed by atoms with Crippen LogP contribution in [-0.4, -0.2) is 21.1 Å². The molecule has 8 heteroatoms. The number of fused-ring (bicyclic) bond motifs is 1. The number of carbonyl (C=O) groups is 1. The average Bonchev–Trinajstić information content (AvgIpc) is 3.04. The van der Waals surface area contributed by atoms with E-state index >= 15 is 0 Å². The molecule has 1 atom stereocenters. The zero-order valence-electron chi connectivity index (χ0n) is 11.0. The molecule has 2 aromatic rings. The number of carbonyl (C=O) groups excluding carboxylic acids is 1. The molecule has 3 rings (SSSR count). The lowest BCUT2D eigenvalue weighted by molar-refractivity contribution is 0.0939. The second kappa shape index (κ2) is 5.45. The Balaban J connectivity index is 1.71. The van der Waals surface area contributed by atoms with Crippen molar-refractivity contribution < 1.29 is 4.79 Å². The third-order valence-corrected chi connectivity index (χ3v) is 5.31. The minimum atomic E-state index is -0.210. The summed E-state index contributed by atoms with van der Waals surface area (Å²) in [5, 5.41) is 12.2. The molecule has 0 aromatic carbocycles. The van der Waals surface area contributed by atoms with Gasteiger partial charge in [-0.05, 0) is 32.6 Å². The van der Waals surface area contributed by atoms with E-state index in [9.17, 15) is 4.79 Å². The van der Waals surface area contributed by atoms with E-state index in [1.54, 1.807) is 0 Å². The van der Waals surface area contributed by atoms with Gasteiger partial charge in [-0.1, -0.05) is 11.3 Å². The smallest absolute Gasteiger partial charge is 0.280 e. The first kappa shape index (κ1) is 13.4. The van der Waals surface area contributed by atoms with Crippen molar-refractivity contribution in [2.75, 3.05) is 5.73 Å². The average molecular weight is 309 g/mol. The predicted octanol–water partition coefficient (Wildman–Crippen LogP) is 1.95. The normalized spacial score (nSPS) is 15.7. The number of nitrogens with two attached hydrogens (primary N) is 1. The van der Waals surface area contributed by atoms with Crippen molar-refractivity contribution in [3.05, 3.63) is 20.6 Å². The summed E-state index contributed by atoms with van der Waals surface area (Å²) < 4.78 is 0. The number of amides is 1. The van der Waals surface area contributed by atoms with Crippen LogP contribution in [0.4, 0.5) is 5.13 Å². The van der Waals surface area contributed by atoms with Crippen LogP contribution >= 0.6 is 22.7 Å². The minimum Gasteiger partial charge on any atom is -0.374 e. The monoisotopic (exact) mass is 309 g/mol. The Hall–Kier alpha value is -1.54. The standard InChI is InChI=1S/C12H15N5OS2/c1-6(10-16-17-12(13)20-10)14-9(18)11-15-7-4-2-3-5-8(7)19-11/h6H,2-5H2,1H3,(H2,13,17)(H,14,18). The summed E-state index contributed by atoms with van der Waals surface area (Å²) in [5.74, 6) is -0.148. The number of hydrogen-bond acceptors (Lipinski definition) is 7. The molecular formula is C12H15N5OS2. The summed E-state index contributed by atoms with van der Waals surface area (Å²) in [5.41, 5.74) is 6.64. The van der Waals surface area contributed by atoms with Gasteiger partial charge in [-0.2, -0.15) is 0 Å². The predicted molar refractivity (Wildman–Crippen MR) is 79.0 cm³/mol. The summed E-state index contributed by atoms with van der Waals surface area (Å²) >= 11 is 2.79. The maximum atomic E-state index is 12.2. The highest BCUT2D eigenvalue weighted by molar-refractivity contribution is 7.15. The summed E-state index contributed by atoms with van der Waals surface area (Å²) in [7, 11) is 0. The van der Waals surface area contributed by atoms with Crippen molar-refractivity contribution in [1.29, 1.82) is 0 Å². The van der Waals surface area contributed by atoms with Gasteiger partial charge in [0.25, 0.3) is 5.91 Å². The van der Waals surface area contributed by atoms with Crippen LogP contribution in [0.2, 0.25) is 0 Å². The fraction of sp³-hybridized carbons (Fsp3) is 0.500. The number of thiazole rings is 1. The molecule has 0 bridgehead atoms. The minimum absolute atomic E-state index is 0.148. The van der Waals surface area contributed by atoms with Crippen LogP contribution in [0.1, 0.15) is 51.2 Å². The quantitative estimate of drug-likeness (QED) is 0.903. The molecule has 1 unspecified atom stereocenters. The van der Waals surface area contributed by atoms with E-state index in [0.29, 0.717) is 15.1 Å². The maximum Gasteiger partial charge on any atom is 0.280 e. The van der Waals surface area contributed by atoms with Crippen molar-refractivity contribution in [3.8, 4) is 0 Å². The highest BCUT2D eigenvalue weighted by atomic mass is 32.1.